The Bertz CT molecular complexity index is 372. The Hall–Kier alpha value is -2.11. The summed E-state index contributed by atoms with van der Waals surface area (Å²) in [5.74, 6) is -1.91. The fraction of sp³-hybridized carbons (Fsp3) is 0.364. The zero-order chi connectivity index (χ0) is 13.4. The number of carboxylic acid groups (broad SMARTS) is 1. The SMILES string of the molecule is C=CCCNC(=O)NC(=O)/C(C)=C(\C)C(=O)O. The van der Waals surface area contributed by atoms with Gasteiger partial charge in [-0.1, -0.05) is 6.08 Å². The van der Waals surface area contributed by atoms with Crippen molar-refractivity contribution in [3.8, 4) is 0 Å². The zero-order valence-corrected chi connectivity index (χ0v) is 9.87. The highest BCUT2D eigenvalue weighted by Crippen LogP contribution is 2.02. The first-order chi connectivity index (χ1) is 7.90. The van der Waals surface area contributed by atoms with Gasteiger partial charge < -0.3 is 10.4 Å². The van der Waals surface area contributed by atoms with Crippen LogP contribution in [0.4, 0.5) is 4.79 Å². The van der Waals surface area contributed by atoms with Crippen LogP contribution in [-0.4, -0.2) is 29.6 Å². The van der Waals surface area contributed by atoms with E-state index in [0.29, 0.717) is 13.0 Å². The van der Waals surface area contributed by atoms with Crippen molar-refractivity contribution in [3.05, 3.63) is 23.8 Å². The third kappa shape index (κ3) is 5.50. The monoisotopic (exact) mass is 240 g/mol. The van der Waals surface area contributed by atoms with Gasteiger partial charge in [0.15, 0.2) is 0 Å². The van der Waals surface area contributed by atoms with Gasteiger partial charge in [-0.05, 0) is 20.3 Å². The molecule has 3 N–H and O–H groups in total. The minimum atomic E-state index is -1.19. The van der Waals surface area contributed by atoms with Gasteiger partial charge in [0.2, 0.25) is 0 Å². The highest BCUT2D eigenvalue weighted by molar-refractivity contribution is 6.07. The van der Waals surface area contributed by atoms with Crippen LogP contribution in [0.25, 0.3) is 0 Å². The lowest BCUT2D eigenvalue weighted by Crippen LogP contribution is -2.40. The fourth-order valence-corrected chi connectivity index (χ4v) is 0.860. The maximum atomic E-state index is 11.4. The molecule has 3 amide bonds. The quantitative estimate of drug-likeness (QED) is 0.376. The van der Waals surface area contributed by atoms with E-state index >= 15 is 0 Å². The summed E-state index contributed by atoms with van der Waals surface area (Å²) < 4.78 is 0. The van der Waals surface area contributed by atoms with E-state index in [-0.39, 0.29) is 11.1 Å². The van der Waals surface area contributed by atoms with Crippen LogP contribution >= 0.6 is 0 Å². The standard InChI is InChI=1S/C11H16N2O4/c1-4-5-6-12-11(17)13-9(14)7(2)8(3)10(15)16/h4H,1,5-6H2,2-3H3,(H,15,16)(H2,12,13,14,17)/b8-7+. The normalized spacial score (nSPS) is 11.2. The third-order valence-corrected chi connectivity index (χ3v) is 2.08. The smallest absolute Gasteiger partial charge is 0.331 e. The van der Waals surface area contributed by atoms with Gasteiger partial charge in [-0.25, -0.2) is 9.59 Å². The van der Waals surface area contributed by atoms with E-state index in [1.54, 1.807) is 6.08 Å². The lowest BCUT2D eigenvalue weighted by Gasteiger charge is -2.06. The number of hydrogen-bond acceptors (Lipinski definition) is 3. The molecule has 0 rings (SSSR count). The Balaban J connectivity index is 4.35. The van der Waals surface area contributed by atoms with Gasteiger partial charge in [0.25, 0.3) is 5.91 Å². The first kappa shape index (κ1) is 14.9. The number of imide groups is 1. The van der Waals surface area contributed by atoms with E-state index in [2.05, 4.69) is 11.9 Å². The Labute approximate surface area is 99.4 Å². The molecule has 0 atom stereocenters. The molecule has 0 fully saturated rings. The van der Waals surface area contributed by atoms with Crippen molar-refractivity contribution in [2.45, 2.75) is 20.3 Å². The number of carbonyl (C=O) groups is 3. The van der Waals surface area contributed by atoms with E-state index in [1.807, 2.05) is 5.32 Å². The number of aliphatic carboxylic acids is 1. The molecule has 0 heterocycles. The van der Waals surface area contributed by atoms with E-state index in [9.17, 15) is 14.4 Å². The molecule has 0 saturated carbocycles. The molecule has 0 aromatic carbocycles. The average molecular weight is 240 g/mol. The molecule has 94 valence electrons. The van der Waals surface area contributed by atoms with Crippen LogP contribution in [0, 0.1) is 0 Å². The van der Waals surface area contributed by atoms with Gasteiger partial charge in [0, 0.05) is 17.7 Å². The van der Waals surface area contributed by atoms with E-state index in [4.69, 9.17) is 5.11 Å². The highest BCUT2D eigenvalue weighted by atomic mass is 16.4. The van der Waals surface area contributed by atoms with Gasteiger partial charge in [-0.3, -0.25) is 10.1 Å². The number of rotatable bonds is 5. The van der Waals surface area contributed by atoms with Crippen LogP contribution in [0.3, 0.4) is 0 Å². The predicted octanol–water partition coefficient (Wildman–Crippen LogP) is 0.809. The van der Waals surface area contributed by atoms with E-state index in [0.717, 1.165) is 0 Å². The lowest BCUT2D eigenvalue weighted by molar-refractivity contribution is -0.133. The van der Waals surface area contributed by atoms with Gasteiger partial charge in [0.1, 0.15) is 0 Å². The largest absolute Gasteiger partial charge is 0.478 e. The summed E-state index contributed by atoms with van der Waals surface area (Å²) in [5, 5.41) is 13.1. The molecule has 0 aromatic rings. The second kappa shape index (κ2) is 7.21. The maximum absolute atomic E-state index is 11.4. The van der Waals surface area contributed by atoms with Gasteiger partial charge in [-0.15, -0.1) is 6.58 Å². The predicted molar refractivity (Wildman–Crippen MR) is 62.4 cm³/mol. The fourth-order valence-electron chi connectivity index (χ4n) is 0.860. The van der Waals surface area contributed by atoms with Crippen molar-refractivity contribution >= 4 is 17.9 Å². The van der Waals surface area contributed by atoms with Crippen LogP contribution in [0.2, 0.25) is 0 Å². The van der Waals surface area contributed by atoms with Crippen LogP contribution < -0.4 is 10.6 Å². The molecule has 0 unspecified atom stereocenters. The van der Waals surface area contributed by atoms with Crippen LogP contribution in [-0.2, 0) is 9.59 Å². The maximum Gasteiger partial charge on any atom is 0.331 e. The van der Waals surface area contributed by atoms with Gasteiger partial charge in [0.05, 0.1) is 0 Å². The third-order valence-electron chi connectivity index (χ3n) is 2.08. The Morgan fingerprint density at radius 1 is 1.24 bits per heavy atom. The summed E-state index contributed by atoms with van der Waals surface area (Å²) in [6.07, 6.45) is 2.21. The van der Waals surface area contributed by atoms with Crippen LogP contribution in [0.5, 0.6) is 0 Å². The number of carbonyl (C=O) groups excluding carboxylic acids is 2. The first-order valence-corrected chi connectivity index (χ1v) is 5.01. The Morgan fingerprint density at radius 3 is 2.29 bits per heavy atom. The molecule has 0 spiro atoms. The number of nitrogens with one attached hydrogen (secondary N) is 2. The molecule has 0 radical (unpaired) electrons. The van der Waals surface area contributed by atoms with E-state index in [1.165, 1.54) is 13.8 Å². The van der Waals surface area contributed by atoms with E-state index < -0.39 is 17.9 Å². The molecule has 0 aliphatic rings. The highest BCUT2D eigenvalue weighted by Gasteiger charge is 2.14. The van der Waals surface area contributed by atoms with Crippen molar-refractivity contribution in [2.24, 2.45) is 0 Å². The van der Waals surface area contributed by atoms with Gasteiger partial charge in [-0.2, -0.15) is 0 Å². The lowest BCUT2D eigenvalue weighted by atomic mass is 10.1. The number of hydrogen-bond donors (Lipinski definition) is 3. The van der Waals surface area contributed by atoms with Crippen molar-refractivity contribution in [3.63, 3.8) is 0 Å². The number of urea groups is 1. The van der Waals surface area contributed by atoms with Gasteiger partial charge >= 0.3 is 12.0 Å². The molecular weight excluding hydrogens is 224 g/mol. The Morgan fingerprint density at radius 2 is 1.82 bits per heavy atom. The van der Waals surface area contributed by atoms with Crippen molar-refractivity contribution in [2.75, 3.05) is 6.54 Å². The van der Waals surface area contributed by atoms with Crippen molar-refractivity contribution < 1.29 is 19.5 Å². The van der Waals surface area contributed by atoms with Crippen LogP contribution in [0.15, 0.2) is 23.8 Å². The molecule has 0 bridgehead atoms. The summed E-state index contributed by atoms with van der Waals surface area (Å²) in [4.78, 5) is 33.2. The second-order valence-electron chi connectivity index (χ2n) is 3.34. The number of carboxylic acids is 1. The summed E-state index contributed by atoms with van der Waals surface area (Å²) in [5.41, 5.74) is -0.0993. The summed E-state index contributed by atoms with van der Waals surface area (Å²) in [7, 11) is 0. The topological polar surface area (TPSA) is 95.5 Å². The summed E-state index contributed by atoms with van der Waals surface area (Å²) >= 11 is 0. The molecule has 6 heteroatoms. The minimum Gasteiger partial charge on any atom is -0.478 e. The Kier molecular flexibility index (Phi) is 6.32. The molecule has 0 aromatic heterocycles. The summed E-state index contributed by atoms with van der Waals surface area (Å²) in [6, 6.07) is -0.658. The second-order valence-corrected chi connectivity index (χ2v) is 3.34. The molecular formula is C11H16N2O4. The summed E-state index contributed by atoms with van der Waals surface area (Å²) in [6.45, 7) is 6.48. The first-order valence-electron chi connectivity index (χ1n) is 5.01. The zero-order valence-electron chi connectivity index (χ0n) is 9.87. The number of amides is 3. The molecule has 0 saturated heterocycles. The molecule has 17 heavy (non-hydrogen) atoms. The molecule has 0 aliphatic heterocycles. The van der Waals surface area contributed by atoms with Crippen molar-refractivity contribution in [1.29, 1.82) is 0 Å². The van der Waals surface area contributed by atoms with Crippen LogP contribution in [0.1, 0.15) is 20.3 Å². The average Bonchev–Trinajstić information content (AvgIpc) is 2.27. The minimum absolute atomic E-state index is 0.00336. The molecule has 0 aliphatic carbocycles. The van der Waals surface area contributed by atoms with Crippen molar-refractivity contribution in [1.82, 2.24) is 10.6 Å². The molecule has 6 nitrogen and oxygen atoms in total.